The molecule has 2 unspecified atom stereocenters. The topological polar surface area (TPSA) is 72.9 Å². The maximum absolute atomic E-state index is 12.5. The standard InChI is InChI=1S/C18H26ClN3O3.ClH/c1-13(18(25)20-16-8-4-3-7-15(16)19)22-10-5-6-14(9-11-22)21(2)12-17(23)24;/h3-4,7-8,13-14H,5-6,9-12H2,1-2H3,(H,20,25)(H,23,24);1H. The highest BCUT2D eigenvalue weighted by Crippen LogP contribution is 2.22. The predicted molar refractivity (Wildman–Crippen MR) is 106 cm³/mol. The van der Waals surface area contributed by atoms with Crippen molar-refractivity contribution in [1.29, 1.82) is 0 Å². The first-order valence-electron chi connectivity index (χ1n) is 8.60. The molecule has 1 aliphatic heterocycles. The number of carbonyl (C=O) groups excluding carboxylic acids is 1. The van der Waals surface area contributed by atoms with E-state index in [0.717, 1.165) is 32.4 Å². The SMILES string of the molecule is CC(C(=O)Nc1ccccc1Cl)N1CCCC(N(C)CC(=O)O)CC1.Cl. The van der Waals surface area contributed by atoms with Crippen LogP contribution in [0, 0.1) is 0 Å². The second-order valence-electron chi connectivity index (χ2n) is 6.57. The number of carboxylic acid groups (broad SMARTS) is 1. The smallest absolute Gasteiger partial charge is 0.317 e. The molecule has 2 N–H and O–H groups in total. The molecule has 1 fully saturated rings. The van der Waals surface area contributed by atoms with E-state index in [1.807, 2.05) is 31.0 Å². The number of likely N-dealkylation sites (tertiary alicyclic amines) is 1. The predicted octanol–water partition coefficient (Wildman–Crippen LogP) is 2.96. The van der Waals surface area contributed by atoms with Crippen LogP contribution < -0.4 is 5.32 Å². The largest absolute Gasteiger partial charge is 0.480 e. The van der Waals surface area contributed by atoms with Gasteiger partial charge in [0.1, 0.15) is 0 Å². The van der Waals surface area contributed by atoms with E-state index >= 15 is 0 Å². The second-order valence-corrected chi connectivity index (χ2v) is 6.98. The number of nitrogens with zero attached hydrogens (tertiary/aromatic N) is 2. The molecule has 0 aliphatic carbocycles. The third-order valence-electron chi connectivity index (χ3n) is 4.80. The van der Waals surface area contributed by atoms with Crippen LogP contribution in [0.1, 0.15) is 26.2 Å². The Bertz CT molecular complexity index is 615. The highest BCUT2D eigenvalue weighted by atomic mass is 35.5. The maximum atomic E-state index is 12.5. The highest BCUT2D eigenvalue weighted by molar-refractivity contribution is 6.33. The van der Waals surface area contributed by atoms with Crippen molar-refractivity contribution in [2.75, 3.05) is 32.0 Å². The van der Waals surface area contributed by atoms with Gasteiger partial charge in [0.05, 0.1) is 23.3 Å². The number of carbonyl (C=O) groups is 2. The first kappa shape index (κ1) is 22.7. The number of para-hydroxylation sites is 1. The van der Waals surface area contributed by atoms with Crippen LogP contribution >= 0.6 is 24.0 Å². The minimum absolute atomic E-state index is 0. The molecule has 8 heteroatoms. The average Bonchev–Trinajstić information content (AvgIpc) is 2.81. The Labute approximate surface area is 165 Å². The highest BCUT2D eigenvalue weighted by Gasteiger charge is 2.27. The Morgan fingerprint density at radius 3 is 2.69 bits per heavy atom. The zero-order valence-corrected chi connectivity index (χ0v) is 16.7. The maximum Gasteiger partial charge on any atom is 0.317 e. The molecule has 1 aliphatic rings. The number of halogens is 2. The molecule has 0 aromatic heterocycles. The molecule has 1 saturated heterocycles. The molecule has 0 spiro atoms. The lowest BCUT2D eigenvalue weighted by Gasteiger charge is -2.28. The van der Waals surface area contributed by atoms with Crippen molar-refractivity contribution >= 4 is 41.6 Å². The molecule has 2 atom stereocenters. The fourth-order valence-corrected chi connectivity index (χ4v) is 3.42. The van der Waals surface area contributed by atoms with Gasteiger partial charge in [0, 0.05) is 12.6 Å². The van der Waals surface area contributed by atoms with Crippen molar-refractivity contribution in [3.05, 3.63) is 29.3 Å². The summed E-state index contributed by atoms with van der Waals surface area (Å²) in [6.07, 6.45) is 2.74. The number of hydrogen-bond acceptors (Lipinski definition) is 4. The Morgan fingerprint density at radius 2 is 2.04 bits per heavy atom. The zero-order valence-electron chi connectivity index (χ0n) is 15.2. The van der Waals surface area contributed by atoms with Gasteiger partial charge < -0.3 is 10.4 Å². The van der Waals surface area contributed by atoms with Gasteiger partial charge in [-0.25, -0.2) is 0 Å². The Kier molecular flexibility index (Phi) is 9.36. The van der Waals surface area contributed by atoms with Gasteiger partial charge in [0.15, 0.2) is 0 Å². The van der Waals surface area contributed by atoms with E-state index in [-0.39, 0.29) is 36.9 Å². The molecule has 1 heterocycles. The summed E-state index contributed by atoms with van der Waals surface area (Å²) in [7, 11) is 1.85. The molecule has 6 nitrogen and oxygen atoms in total. The number of carboxylic acids is 1. The normalized spacial score (nSPS) is 19.3. The van der Waals surface area contributed by atoms with E-state index in [0.29, 0.717) is 10.7 Å². The van der Waals surface area contributed by atoms with Crippen LogP contribution in [-0.4, -0.2) is 65.5 Å². The summed E-state index contributed by atoms with van der Waals surface area (Å²) < 4.78 is 0. The molecule has 1 aromatic carbocycles. The van der Waals surface area contributed by atoms with Gasteiger partial charge in [-0.3, -0.25) is 19.4 Å². The first-order chi connectivity index (χ1) is 11.9. The van der Waals surface area contributed by atoms with E-state index < -0.39 is 5.97 Å². The summed E-state index contributed by atoms with van der Waals surface area (Å²) in [5.41, 5.74) is 0.620. The molecular weight excluding hydrogens is 377 g/mol. The van der Waals surface area contributed by atoms with Crippen molar-refractivity contribution in [2.24, 2.45) is 0 Å². The van der Waals surface area contributed by atoms with Crippen molar-refractivity contribution < 1.29 is 14.7 Å². The Hall–Kier alpha value is -1.34. The van der Waals surface area contributed by atoms with Crippen molar-refractivity contribution in [1.82, 2.24) is 9.80 Å². The van der Waals surface area contributed by atoms with E-state index in [1.54, 1.807) is 12.1 Å². The average molecular weight is 404 g/mol. The van der Waals surface area contributed by atoms with Gasteiger partial charge in [-0.1, -0.05) is 23.7 Å². The number of aliphatic carboxylic acids is 1. The monoisotopic (exact) mass is 403 g/mol. The second kappa shape index (κ2) is 10.7. The summed E-state index contributed by atoms with van der Waals surface area (Å²) in [4.78, 5) is 27.5. The van der Waals surface area contributed by atoms with Gasteiger partial charge in [0.2, 0.25) is 5.91 Å². The van der Waals surface area contributed by atoms with Gasteiger partial charge in [-0.05, 0) is 51.9 Å². The lowest BCUT2D eigenvalue weighted by atomic mass is 10.1. The summed E-state index contributed by atoms with van der Waals surface area (Å²) in [5.74, 6) is -0.887. The Balaban J connectivity index is 0.00000338. The van der Waals surface area contributed by atoms with Gasteiger partial charge in [-0.2, -0.15) is 0 Å². The molecule has 0 saturated carbocycles. The fourth-order valence-electron chi connectivity index (χ4n) is 3.24. The number of benzene rings is 1. The minimum Gasteiger partial charge on any atom is -0.480 e. The van der Waals surface area contributed by atoms with Crippen LogP contribution in [0.5, 0.6) is 0 Å². The van der Waals surface area contributed by atoms with Crippen LogP contribution in [0.4, 0.5) is 5.69 Å². The third-order valence-corrected chi connectivity index (χ3v) is 5.13. The van der Waals surface area contributed by atoms with Gasteiger partial charge in [0.25, 0.3) is 0 Å². The Morgan fingerprint density at radius 1 is 1.35 bits per heavy atom. The van der Waals surface area contributed by atoms with E-state index in [2.05, 4.69) is 10.2 Å². The fraction of sp³-hybridized carbons (Fsp3) is 0.556. The van der Waals surface area contributed by atoms with Crippen molar-refractivity contribution in [3.8, 4) is 0 Å². The van der Waals surface area contributed by atoms with E-state index in [4.69, 9.17) is 16.7 Å². The lowest BCUT2D eigenvalue weighted by molar-refractivity contribution is -0.138. The van der Waals surface area contributed by atoms with Crippen molar-refractivity contribution in [2.45, 2.75) is 38.3 Å². The van der Waals surface area contributed by atoms with Crippen LogP contribution in [0.3, 0.4) is 0 Å². The number of likely N-dealkylation sites (N-methyl/N-ethyl adjacent to an activating group) is 1. The molecule has 1 aromatic rings. The van der Waals surface area contributed by atoms with Gasteiger partial charge >= 0.3 is 5.97 Å². The quantitative estimate of drug-likeness (QED) is 0.763. The van der Waals surface area contributed by atoms with Crippen LogP contribution in [0.15, 0.2) is 24.3 Å². The number of anilines is 1. The summed E-state index contributed by atoms with van der Waals surface area (Å²) in [6, 6.07) is 7.16. The summed E-state index contributed by atoms with van der Waals surface area (Å²) >= 11 is 6.10. The zero-order chi connectivity index (χ0) is 18.4. The van der Waals surface area contributed by atoms with Crippen LogP contribution in [0.2, 0.25) is 5.02 Å². The molecular formula is C18H27Cl2N3O3. The first-order valence-corrected chi connectivity index (χ1v) is 8.97. The number of rotatable bonds is 6. The number of nitrogens with one attached hydrogen (secondary N) is 1. The molecule has 1 amide bonds. The van der Waals surface area contributed by atoms with Crippen LogP contribution in [0.25, 0.3) is 0 Å². The molecule has 0 radical (unpaired) electrons. The van der Waals surface area contributed by atoms with E-state index in [1.165, 1.54) is 0 Å². The third kappa shape index (κ3) is 6.43. The summed E-state index contributed by atoms with van der Waals surface area (Å²) in [5, 5.41) is 12.4. The van der Waals surface area contributed by atoms with Crippen LogP contribution in [-0.2, 0) is 9.59 Å². The molecule has 2 rings (SSSR count). The van der Waals surface area contributed by atoms with E-state index in [9.17, 15) is 9.59 Å². The minimum atomic E-state index is -0.809. The lowest BCUT2D eigenvalue weighted by Crippen LogP contribution is -2.43. The van der Waals surface area contributed by atoms with Gasteiger partial charge in [-0.15, -0.1) is 12.4 Å². The number of hydrogen-bond donors (Lipinski definition) is 2. The summed E-state index contributed by atoms with van der Waals surface area (Å²) in [6.45, 7) is 3.54. The molecule has 146 valence electrons. The molecule has 0 bridgehead atoms. The molecule has 26 heavy (non-hydrogen) atoms. The number of amides is 1. The van der Waals surface area contributed by atoms with Crippen molar-refractivity contribution in [3.63, 3.8) is 0 Å².